The van der Waals surface area contributed by atoms with Gasteiger partial charge in [0, 0.05) is 37.4 Å². The van der Waals surface area contributed by atoms with Gasteiger partial charge in [-0.15, -0.1) is 0 Å². The molecule has 2 heterocycles. The number of ether oxygens (including phenoxy) is 1. The van der Waals surface area contributed by atoms with E-state index in [-0.39, 0.29) is 0 Å². The standard InChI is InChI=1S/C16H18N4OS.C8H8O2/c1-17-14-9-11(4-5-15(14)20(2)22-21-3)13-8-12-6-7-18-16(12)19-10-13;1-10-8-5-3-2-4-7(8)6-9/h4-10,17H,1-3H3,(H,18,19);2-6H,1H3. The number of anilines is 2. The molecule has 7 nitrogen and oxygen atoms in total. The highest BCUT2D eigenvalue weighted by Crippen LogP contribution is 2.34. The van der Waals surface area contributed by atoms with Gasteiger partial charge in [-0.2, -0.15) is 0 Å². The van der Waals surface area contributed by atoms with E-state index >= 15 is 0 Å². The number of nitrogens with one attached hydrogen (secondary N) is 2. The first-order valence-corrected chi connectivity index (χ1v) is 10.6. The maximum absolute atomic E-state index is 10.3. The highest BCUT2D eigenvalue weighted by molar-refractivity contribution is 7.96. The smallest absolute Gasteiger partial charge is 0.153 e. The van der Waals surface area contributed by atoms with Crippen molar-refractivity contribution in [1.82, 2.24) is 9.97 Å². The maximum Gasteiger partial charge on any atom is 0.153 e. The first-order valence-electron chi connectivity index (χ1n) is 9.89. The second-order valence-corrected chi connectivity index (χ2v) is 7.75. The first kappa shape index (κ1) is 23.2. The minimum absolute atomic E-state index is 0.588. The summed E-state index contributed by atoms with van der Waals surface area (Å²) in [4.78, 5) is 17.9. The number of aldehydes is 1. The molecule has 0 atom stereocenters. The molecule has 0 aliphatic carbocycles. The van der Waals surface area contributed by atoms with Crippen LogP contribution in [0.2, 0.25) is 0 Å². The van der Waals surface area contributed by atoms with Crippen LogP contribution in [0.5, 0.6) is 5.75 Å². The van der Waals surface area contributed by atoms with Gasteiger partial charge in [-0.1, -0.05) is 18.2 Å². The topological polar surface area (TPSA) is 79.5 Å². The quantitative estimate of drug-likeness (QED) is 0.221. The molecule has 8 heteroatoms. The van der Waals surface area contributed by atoms with Crippen molar-refractivity contribution in [1.29, 1.82) is 0 Å². The van der Waals surface area contributed by atoms with Crippen LogP contribution >= 0.6 is 12.2 Å². The molecule has 4 rings (SSSR count). The number of carbonyl (C=O) groups is 1. The molecule has 2 aromatic heterocycles. The molecule has 4 aromatic rings. The van der Waals surface area contributed by atoms with Gasteiger partial charge in [-0.25, -0.2) is 4.98 Å². The fourth-order valence-corrected chi connectivity index (χ4v) is 3.67. The van der Waals surface area contributed by atoms with Crippen LogP contribution in [0, 0.1) is 0 Å². The Morgan fingerprint density at radius 1 is 1.09 bits per heavy atom. The lowest BCUT2D eigenvalue weighted by atomic mass is 10.1. The molecule has 0 aliphatic rings. The van der Waals surface area contributed by atoms with Crippen molar-refractivity contribution in [3.05, 3.63) is 72.6 Å². The van der Waals surface area contributed by atoms with Crippen molar-refractivity contribution in [3.8, 4) is 16.9 Å². The fraction of sp³-hybridized carbons (Fsp3) is 0.167. The van der Waals surface area contributed by atoms with E-state index in [2.05, 4.69) is 39.6 Å². The Bertz CT molecular complexity index is 1180. The molecule has 0 fully saturated rings. The molecule has 0 aliphatic heterocycles. The van der Waals surface area contributed by atoms with Crippen LogP contribution in [0.25, 0.3) is 22.2 Å². The summed E-state index contributed by atoms with van der Waals surface area (Å²) >= 11 is 1.30. The highest BCUT2D eigenvalue weighted by Gasteiger charge is 2.10. The normalized spacial score (nSPS) is 10.2. The van der Waals surface area contributed by atoms with Gasteiger partial charge in [0.25, 0.3) is 0 Å². The molecular weight excluding hydrogens is 424 g/mol. The summed E-state index contributed by atoms with van der Waals surface area (Å²) < 4.78 is 12.0. The zero-order valence-corrected chi connectivity index (χ0v) is 19.3. The third-order valence-electron chi connectivity index (χ3n) is 4.79. The average Bonchev–Trinajstić information content (AvgIpc) is 3.32. The molecule has 166 valence electrons. The summed E-state index contributed by atoms with van der Waals surface area (Å²) in [6, 6.07) is 17.6. The van der Waals surface area contributed by atoms with Crippen molar-refractivity contribution >= 4 is 40.9 Å². The summed E-state index contributed by atoms with van der Waals surface area (Å²) in [5.41, 5.74) is 5.82. The fourth-order valence-electron chi connectivity index (χ4n) is 3.20. The van der Waals surface area contributed by atoms with Crippen molar-refractivity contribution in [2.24, 2.45) is 0 Å². The SMILES string of the molecule is CNc1cc(-c2cnc3[nH]ccc3c2)ccc1N(C)SOC.COc1ccccc1C=O. The Kier molecular flexibility index (Phi) is 8.13. The number of methoxy groups -OCH3 is 1. The number of pyridine rings is 1. The van der Waals surface area contributed by atoms with Crippen molar-refractivity contribution in [2.45, 2.75) is 0 Å². The van der Waals surface area contributed by atoms with E-state index in [1.807, 2.05) is 42.9 Å². The highest BCUT2D eigenvalue weighted by atomic mass is 32.2. The van der Waals surface area contributed by atoms with Gasteiger partial charge >= 0.3 is 0 Å². The van der Waals surface area contributed by atoms with Crippen LogP contribution in [-0.4, -0.2) is 44.6 Å². The minimum Gasteiger partial charge on any atom is -0.496 e. The van der Waals surface area contributed by atoms with E-state index in [1.54, 1.807) is 32.4 Å². The Hall–Kier alpha value is -3.49. The third kappa shape index (κ3) is 5.40. The first-order chi connectivity index (χ1) is 15.6. The number of aromatic amines is 1. The van der Waals surface area contributed by atoms with Crippen LogP contribution in [-0.2, 0) is 4.18 Å². The van der Waals surface area contributed by atoms with Gasteiger partial charge in [-0.3, -0.25) is 9.10 Å². The van der Waals surface area contributed by atoms with E-state index in [4.69, 9.17) is 8.92 Å². The van der Waals surface area contributed by atoms with E-state index in [0.717, 1.165) is 39.8 Å². The summed E-state index contributed by atoms with van der Waals surface area (Å²) in [5, 5.41) is 4.35. The summed E-state index contributed by atoms with van der Waals surface area (Å²) in [5.74, 6) is 0.623. The zero-order valence-electron chi connectivity index (χ0n) is 18.5. The number of rotatable bonds is 7. The number of H-pyrrole nitrogens is 1. The molecule has 0 saturated carbocycles. The minimum atomic E-state index is 0.588. The number of benzene rings is 2. The van der Waals surface area contributed by atoms with Crippen LogP contribution in [0.3, 0.4) is 0 Å². The number of carbonyl (C=O) groups excluding carboxylic acids is 1. The van der Waals surface area contributed by atoms with Gasteiger partial charge in [0.1, 0.15) is 23.6 Å². The molecule has 0 bridgehead atoms. The summed E-state index contributed by atoms with van der Waals surface area (Å²) in [7, 11) is 7.09. The van der Waals surface area contributed by atoms with Gasteiger partial charge < -0.3 is 19.2 Å². The van der Waals surface area contributed by atoms with Gasteiger partial charge in [-0.05, 0) is 42.0 Å². The number of aromatic nitrogens is 2. The summed E-state index contributed by atoms with van der Waals surface area (Å²) in [6.07, 6.45) is 4.57. The van der Waals surface area contributed by atoms with Crippen LogP contribution in [0.15, 0.2) is 67.0 Å². The molecule has 0 amide bonds. The second kappa shape index (κ2) is 11.2. The predicted octanol–water partition coefficient (Wildman–Crippen LogP) is 5.43. The molecule has 0 unspecified atom stereocenters. The number of fused-ring (bicyclic) bond motifs is 1. The Morgan fingerprint density at radius 3 is 2.59 bits per heavy atom. The lowest BCUT2D eigenvalue weighted by molar-refractivity contribution is 0.112. The third-order valence-corrected chi connectivity index (χ3v) is 5.36. The largest absolute Gasteiger partial charge is 0.496 e. The number of hydrogen-bond donors (Lipinski definition) is 2. The van der Waals surface area contributed by atoms with Crippen molar-refractivity contribution < 1.29 is 13.7 Å². The molecule has 2 N–H and O–H groups in total. The molecule has 2 aromatic carbocycles. The monoisotopic (exact) mass is 450 g/mol. The van der Waals surface area contributed by atoms with E-state index in [9.17, 15) is 4.79 Å². The van der Waals surface area contributed by atoms with E-state index < -0.39 is 0 Å². The van der Waals surface area contributed by atoms with Gasteiger partial charge in [0.2, 0.25) is 0 Å². The number of para-hydroxylation sites is 1. The molecular formula is C24H26N4O3S. The van der Waals surface area contributed by atoms with E-state index in [0.29, 0.717) is 11.3 Å². The van der Waals surface area contributed by atoms with E-state index in [1.165, 1.54) is 12.2 Å². The van der Waals surface area contributed by atoms with Gasteiger partial charge in [0.15, 0.2) is 6.29 Å². The van der Waals surface area contributed by atoms with Crippen LogP contribution in [0.1, 0.15) is 10.4 Å². The number of hydrogen-bond acceptors (Lipinski definition) is 7. The Morgan fingerprint density at radius 2 is 1.91 bits per heavy atom. The second-order valence-electron chi connectivity index (χ2n) is 6.72. The predicted molar refractivity (Wildman–Crippen MR) is 132 cm³/mol. The van der Waals surface area contributed by atoms with Crippen molar-refractivity contribution in [2.75, 3.05) is 37.9 Å². The molecule has 32 heavy (non-hydrogen) atoms. The lowest BCUT2D eigenvalue weighted by Crippen LogP contribution is -2.09. The van der Waals surface area contributed by atoms with Crippen molar-refractivity contribution in [3.63, 3.8) is 0 Å². The Labute approximate surface area is 192 Å². The Balaban J connectivity index is 0.000000243. The molecule has 0 spiro atoms. The van der Waals surface area contributed by atoms with Crippen LogP contribution in [0.4, 0.5) is 11.4 Å². The maximum atomic E-state index is 10.3. The molecule has 0 radical (unpaired) electrons. The summed E-state index contributed by atoms with van der Waals surface area (Å²) in [6.45, 7) is 0. The number of nitrogens with zero attached hydrogens (tertiary/aromatic N) is 2. The average molecular weight is 451 g/mol. The zero-order chi connectivity index (χ0) is 22.9. The lowest BCUT2D eigenvalue weighted by Gasteiger charge is -2.20. The van der Waals surface area contributed by atoms with Gasteiger partial charge in [0.05, 0.1) is 31.2 Å². The van der Waals surface area contributed by atoms with Crippen LogP contribution < -0.4 is 14.4 Å². The molecule has 0 saturated heterocycles.